The molecule has 2 aromatic heterocycles. The standard InChI is InChI=1S/C17H22ClN3/c1-17(2,3)15-8-14(10-18)9-16(20-15)21(4)12-13-6-5-7-19-11-13/h5-9,11H,10,12H2,1-4H3. The van der Waals surface area contributed by atoms with Crippen molar-refractivity contribution >= 4 is 17.4 Å². The first-order chi connectivity index (χ1) is 9.90. The highest BCUT2D eigenvalue weighted by molar-refractivity contribution is 6.17. The molecule has 0 amide bonds. The molecule has 2 heterocycles. The Morgan fingerprint density at radius 2 is 1.95 bits per heavy atom. The third-order valence-electron chi connectivity index (χ3n) is 3.33. The van der Waals surface area contributed by atoms with Crippen LogP contribution in [0.2, 0.25) is 0 Å². The van der Waals surface area contributed by atoms with Gasteiger partial charge in [0.05, 0.1) is 0 Å². The zero-order valence-corrected chi connectivity index (χ0v) is 13.9. The molecule has 0 unspecified atom stereocenters. The number of hydrogen-bond acceptors (Lipinski definition) is 3. The van der Waals surface area contributed by atoms with E-state index in [-0.39, 0.29) is 5.41 Å². The lowest BCUT2D eigenvalue weighted by Crippen LogP contribution is -2.21. The van der Waals surface area contributed by atoms with Gasteiger partial charge >= 0.3 is 0 Å². The van der Waals surface area contributed by atoms with Crippen molar-refractivity contribution in [3.63, 3.8) is 0 Å². The fraction of sp³-hybridized carbons (Fsp3) is 0.412. The highest BCUT2D eigenvalue weighted by Crippen LogP contribution is 2.25. The molecule has 0 bridgehead atoms. The van der Waals surface area contributed by atoms with Gasteiger partial charge in [-0.15, -0.1) is 11.6 Å². The lowest BCUT2D eigenvalue weighted by atomic mass is 9.91. The Morgan fingerprint density at radius 3 is 2.52 bits per heavy atom. The minimum absolute atomic E-state index is 0.00591. The fourth-order valence-corrected chi connectivity index (χ4v) is 2.23. The molecule has 21 heavy (non-hydrogen) atoms. The number of alkyl halides is 1. The van der Waals surface area contributed by atoms with Crippen molar-refractivity contribution in [3.8, 4) is 0 Å². The molecule has 0 saturated heterocycles. The molecule has 0 radical (unpaired) electrons. The molecule has 0 fully saturated rings. The van der Waals surface area contributed by atoms with Gasteiger partial charge in [0.25, 0.3) is 0 Å². The summed E-state index contributed by atoms with van der Waals surface area (Å²) in [6.07, 6.45) is 3.67. The average molecular weight is 304 g/mol. The van der Waals surface area contributed by atoms with E-state index in [0.717, 1.165) is 29.2 Å². The van der Waals surface area contributed by atoms with Crippen LogP contribution in [0.1, 0.15) is 37.6 Å². The normalized spacial score (nSPS) is 11.5. The Labute approximate surface area is 132 Å². The van der Waals surface area contributed by atoms with Crippen LogP contribution in [0.3, 0.4) is 0 Å². The van der Waals surface area contributed by atoms with Crippen molar-refractivity contribution in [2.24, 2.45) is 0 Å². The molecule has 0 spiro atoms. The molecule has 0 aliphatic carbocycles. The first-order valence-electron chi connectivity index (χ1n) is 7.07. The van der Waals surface area contributed by atoms with E-state index in [1.165, 1.54) is 0 Å². The highest BCUT2D eigenvalue weighted by atomic mass is 35.5. The summed E-state index contributed by atoms with van der Waals surface area (Å²) in [6, 6.07) is 8.17. The molecule has 2 rings (SSSR count). The first-order valence-corrected chi connectivity index (χ1v) is 7.61. The zero-order chi connectivity index (χ0) is 15.5. The van der Waals surface area contributed by atoms with Gasteiger partial charge in [-0.05, 0) is 29.3 Å². The van der Waals surface area contributed by atoms with Crippen molar-refractivity contribution in [2.75, 3.05) is 11.9 Å². The molecular weight excluding hydrogens is 282 g/mol. The maximum Gasteiger partial charge on any atom is 0.129 e. The smallest absolute Gasteiger partial charge is 0.129 e. The van der Waals surface area contributed by atoms with E-state index < -0.39 is 0 Å². The van der Waals surface area contributed by atoms with E-state index in [4.69, 9.17) is 16.6 Å². The van der Waals surface area contributed by atoms with Crippen LogP contribution in [0.4, 0.5) is 5.82 Å². The van der Waals surface area contributed by atoms with Crippen LogP contribution in [-0.4, -0.2) is 17.0 Å². The van der Waals surface area contributed by atoms with E-state index in [1.807, 2.05) is 19.3 Å². The summed E-state index contributed by atoms with van der Waals surface area (Å²) < 4.78 is 0. The third kappa shape index (κ3) is 4.18. The van der Waals surface area contributed by atoms with Gasteiger partial charge in [-0.1, -0.05) is 26.8 Å². The second-order valence-electron chi connectivity index (χ2n) is 6.32. The number of rotatable bonds is 4. The number of halogens is 1. The first kappa shape index (κ1) is 15.8. The Balaban J connectivity index is 2.30. The minimum Gasteiger partial charge on any atom is -0.355 e. The molecule has 0 aliphatic heterocycles. The number of aromatic nitrogens is 2. The molecule has 0 saturated carbocycles. The van der Waals surface area contributed by atoms with Crippen LogP contribution in [0.15, 0.2) is 36.7 Å². The maximum atomic E-state index is 6.03. The molecule has 0 aliphatic rings. The van der Waals surface area contributed by atoms with Crippen LogP contribution >= 0.6 is 11.6 Å². The van der Waals surface area contributed by atoms with Gasteiger partial charge < -0.3 is 4.90 Å². The highest BCUT2D eigenvalue weighted by Gasteiger charge is 2.18. The second kappa shape index (κ2) is 6.44. The van der Waals surface area contributed by atoms with Gasteiger partial charge in [-0.3, -0.25) is 4.98 Å². The van der Waals surface area contributed by atoms with E-state index >= 15 is 0 Å². The summed E-state index contributed by atoms with van der Waals surface area (Å²) in [5, 5.41) is 0. The Morgan fingerprint density at radius 1 is 1.19 bits per heavy atom. The van der Waals surface area contributed by atoms with Gasteiger partial charge in [0, 0.05) is 43.0 Å². The Kier molecular flexibility index (Phi) is 4.84. The van der Waals surface area contributed by atoms with E-state index in [0.29, 0.717) is 5.88 Å². The monoisotopic (exact) mass is 303 g/mol. The quantitative estimate of drug-likeness (QED) is 0.795. The third-order valence-corrected chi connectivity index (χ3v) is 3.64. The van der Waals surface area contributed by atoms with Gasteiger partial charge in [0.2, 0.25) is 0 Å². The van der Waals surface area contributed by atoms with Crippen molar-refractivity contribution in [1.82, 2.24) is 9.97 Å². The van der Waals surface area contributed by atoms with Crippen LogP contribution in [0.25, 0.3) is 0 Å². The van der Waals surface area contributed by atoms with Crippen LogP contribution in [0, 0.1) is 0 Å². The molecule has 0 aromatic carbocycles. The van der Waals surface area contributed by atoms with E-state index in [1.54, 1.807) is 6.20 Å². The summed E-state index contributed by atoms with van der Waals surface area (Å²) in [5.74, 6) is 1.45. The number of nitrogens with zero attached hydrogens (tertiary/aromatic N) is 3. The molecule has 2 aromatic rings. The maximum absolute atomic E-state index is 6.03. The fourth-order valence-electron chi connectivity index (χ4n) is 2.07. The second-order valence-corrected chi connectivity index (χ2v) is 6.59. The average Bonchev–Trinajstić information content (AvgIpc) is 2.46. The Hall–Kier alpha value is -1.61. The van der Waals surface area contributed by atoms with Crippen molar-refractivity contribution in [2.45, 2.75) is 38.6 Å². The number of anilines is 1. The van der Waals surface area contributed by atoms with Crippen molar-refractivity contribution in [3.05, 3.63) is 53.5 Å². The van der Waals surface area contributed by atoms with Crippen LogP contribution in [-0.2, 0) is 17.8 Å². The van der Waals surface area contributed by atoms with Gasteiger partial charge in [0.1, 0.15) is 5.82 Å². The summed E-state index contributed by atoms with van der Waals surface area (Å²) in [5.41, 5.74) is 3.33. The molecular formula is C17H22ClN3. The summed E-state index contributed by atoms with van der Waals surface area (Å²) in [7, 11) is 2.04. The van der Waals surface area contributed by atoms with E-state index in [9.17, 15) is 0 Å². The number of hydrogen-bond donors (Lipinski definition) is 0. The largest absolute Gasteiger partial charge is 0.355 e. The van der Waals surface area contributed by atoms with E-state index in [2.05, 4.69) is 48.9 Å². The molecule has 4 heteroatoms. The molecule has 0 atom stereocenters. The topological polar surface area (TPSA) is 29.0 Å². The van der Waals surface area contributed by atoms with Crippen molar-refractivity contribution in [1.29, 1.82) is 0 Å². The van der Waals surface area contributed by atoms with Gasteiger partial charge in [-0.25, -0.2) is 4.98 Å². The molecule has 112 valence electrons. The predicted molar refractivity (Wildman–Crippen MR) is 88.8 cm³/mol. The van der Waals surface area contributed by atoms with Crippen LogP contribution < -0.4 is 4.90 Å². The summed E-state index contributed by atoms with van der Waals surface area (Å²) >= 11 is 6.03. The molecule has 3 nitrogen and oxygen atoms in total. The SMILES string of the molecule is CN(Cc1cccnc1)c1cc(CCl)cc(C(C)(C)C)n1. The van der Waals surface area contributed by atoms with Crippen molar-refractivity contribution < 1.29 is 0 Å². The summed E-state index contributed by atoms with van der Waals surface area (Å²) in [6.45, 7) is 7.27. The lowest BCUT2D eigenvalue weighted by molar-refractivity contribution is 0.567. The number of pyridine rings is 2. The van der Waals surface area contributed by atoms with Gasteiger partial charge in [-0.2, -0.15) is 0 Å². The van der Waals surface area contributed by atoms with Crippen LogP contribution in [0.5, 0.6) is 0 Å². The molecule has 0 N–H and O–H groups in total. The Bertz CT molecular complexity index is 591. The predicted octanol–water partition coefficient (Wildman–Crippen LogP) is 4.15. The lowest BCUT2D eigenvalue weighted by Gasteiger charge is -2.24. The van der Waals surface area contributed by atoms with Gasteiger partial charge in [0.15, 0.2) is 0 Å². The minimum atomic E-state index is 0.00591. The summed E-state index contributed by atoms with van der Waals surface area (Å²) in [4.78, 5) is 11.1. The zero-order valence-electron chi connectivity index (χ0n) is 13.1.